The van der Waals surface area contributed by atoms with E-state index < -0.39 is 18.0 Å². The monoisotopic (exact) mass is 313 g/mol. The molecule has 4 atom stereocenters. The van der Waals surface area contributed by atoms with Gasteiger partial charge in [0.25, 0.3) is 5.91 Å². The Bertz CT molecular complexity index is 394. The molecule has 0 aliphatic carbocycles. The summed E-state index contributed by atoms with van der Waals surface area (Å²) in [6.45, 7) is 5.18. The molecule has 0 saturated carbocycles. The second-order valence-electron chi connectivity index (χ2n) is 6.42. The second kappa shape index (κ2) is 7.92. The Hall–Kier alpha value is -1.14. The van der Waals surface area contributed by atoms with Gasteiger partial charge in [0.2, 0.25) is 0 Å². The molecule has 4 unspecified atom stereocenters. The molecule has 0 spiro atoms. The van der Waals surface area contributed by atoms with Crippen LogP contribution in [0.5, 0.6) is 0 Å². The van der Waals surface area contributed by atoms with Crippen molar-refractivity contribution in [2.45, 2.75) is 64.2 Å². The molecule has 0 radical (unpaired) electrons. The average molecular weight is 313 g/mol. The number of carbonyl (C=O) groups excluding carboxylic acids is 1. The molecule has 6 heteroatoms. The molecule has 0 aromatic carbocycles. The number of nitrogens with zero attached hydrogens (tertiary/aromatic N) is 1. The maximum Gasteiger partial charge on any atom is 0.308 e. The number of piperidine rings is 1. The highest BCUT2D eigenvalue weighted by Crippen LogP contribution is 2.23. The maximum absolute atomic E-state index is 12.5. The topological polar surface area (TPSA) is 76.1 Å². The Kier molecular flexibility index (Phi) is 6.20. The normalized spacial score (nSPS) is 30.8. The first kappa shape index (κ1) is 17.2. The summed E-state index contributed by atoms with van der Waals surface area (Å²) in [5.41, 5.74) is 0. The van der Waals surface area contributed by atoms with Gasteiger partial charge in [-0.2, -0.15) is 0 Å². The zero-order valence-electron chi connectivity index (χ0n) is 13.5. The highest BCUT2D eigenvalue weighted by molar-refractivity contribution is 5.82. The van der Waals surface area contributed by atoms with Crippen LogP contribution in [0.3, 0.4) is 0 Å². The molecule has 0 aromatic heterocycles. The van der Waals surface area contributed by atoms with Crippen molar-refractivity contribution in [1.82, 2.24) is 4.90 Å². The van der Waals surface area contributed by atoms with Crippen molar-refractivity contribution < 1.29 is 24.2 Å². The Morgan fingerprint density at radius 2 is 2.09 bits per heavy atom. The van der Waals surface area contributed by atoms with E-state index in [2.05, 4.69) is 0 Å². The zero-order valence-corrected chi connectivity index (χ0v) is 13.5. The van der Waals surface area contributed by atoms with Crippen LogP contribution >= 0.6 is 0 Å². The van der Waals surface area contributed by atoms with Gasteiger partial charge in [0.1, 0.15) is 6.10 Å². The van der Waals surface area contributed by atoms with E-state index in [1.165, 1.54) is 0 Å². The number of amides is 1. The molecular formula is C16H27NO5. The minimum Gasteiger partial charge on any atom is -0.481 e. The summed E-state index contributed by atoms with van der Waals surface area (Å²) >= 11 is 0. The first-order valence-corrected chi connectivity index (χ1v) is 8.25. The molecule has 2 rings (SSSR count). The summed E-state index contributed by atoms with van der Waals surface area (Å²) in [6.07, 6.45) is 4.08. The smallest absolute Gasteiger partial charge is 0.308 e. The number of carboxylic acids is 1. The summed E-state index contributed by atoms with van der Waals surface area (Å²) in [5, 5.41) is 9.15. The van der Waals surface area contributed by atoms with Crippen molar-refractivity contribution in [3.63, 3.8) is 0 Å². The maximum atomic E-state index is 12.5. The lowest BCUT2D eigenvalue weighted by atomic mass is 9.93. The quantitative estimate of drug-likeness (QED) is 0.835. The van der Waals surface area contributed by atoms with Crippen molar-refractivity contribution in [3.05, 3.63) is 0 Å². The summed E-state index contributed by atoms with van der Waals surface area (Å²) in [6, 6.07) is 0.0695. The number of aliphatic carboxylic acids is 1. The first-order valence-electron chi connectivity index (χ1n) is 8.25. The fourth-order valence-corrected chi connectivity index (χ4v) is 3.11. The Morgan fingerprint density at radius 1 is 1.32 bits per heavy atom. The average Bonchev–Trinajstić information content (AvgIpc) is 2.53. The van der Waals surface area contributed by atoms with E-state index in [-0.39, 0.29) is 24.6 Å². The number of hydrogen-bond acceptors (Lipinski definition) is 4. The molecule has 2 aliphatic rings. The molecule has 2 saturated heterocycles. The fraction of sp³-hybridized carbons (Fsp3) is 0.875. The van der Waals surface area contributed by atoms with Gasteiger partial charge in [-0.3, -0.25) is 9.59 Å². The molecule has 6 nitrogen and oxygen atoms in total. The van der Waals surface area contributed by atoms with E-state index in [9.17, 15) is 9.59 Å². The van der Waals surface area contributed by atoms with E-state index in [0.717, 1.165) is 32.3 Å². The van der Waals surface area contributed by atoms with Crippen LogP contribution in [0.25, 0.3) is 0 Å². The van der Waals surface area contributed by atoms with E-state index in [4.69, 9.17) is 14.6 Å². The molecule has 1 amide bonds. The van der Waals surface area contributed by atoms with E-state index in [1.54, 1.807) is 11.8 Å². The predicted molar refractivity (Wildman–Crippen MR) is 80.5 cm³/mol. The first-order chi connectivity index (χ1) is 10.5. The minimum atomic E-state index is -0.825. The van der Waals surface area contributed by atoms with Gasteiger partial charge >= 0.3 is 5.97 Å². The number of hydrogen-bond donors (Lipinski definition) is 1. The van der Waals surface area contributed by atoms with Crippen LogP contribution in [0.2, 0.25) is 0 Å². The van der Waals surface area contributed by atoms with Crippen LogP contribution in [-0.2, 0) is 19.1 Å². The SMILES string of the molecule is CC(OCC1CCCCO1)C(=O)N1CC(C(=O)O)CCC1C. The molecular weight excluding hydrogens is 286 g/mol. The largest absolute Gasteiger partial charge is 0.481 e. The summed E-state index contributed by atoms with van der Waals surface area (Å²) in [4.78, 5) is 25.3. The van der Waals surface area contributed by atoms with E-state index >= 15 is 0 Å². The molecule has 2 heterocycles. The van der Waals surface area contributed by atoms with Crippen LogP contribution in [0, 0.1) is 5.92 Å². The molecule has 1 N–H and O–H groups in total. The van der Waals surface area contributed by atoms with Gasteiger partial charge in [-0.05, 0) is 46.0 Å². The van der Waals surface area contributed by atoms with Gasteiger partial charge in [-0.1, -0.05) is 0 Å². The molecule has 0 aromatic rings. The van der Waals surface area contributed by atoms with Gasteiger partial charge < -0.3 is 19.5 Å². The summed E-state index contributed by atoms with van der Waals surface area (Å²) in [5.74, 6) is -1.41. The van der Waals surface area contributed by atoms with Crippen molar-refractivity contribution in [2.24, 2.45) is 5.92 Å². The Labute approximate surface area is 131 Å². The van der Waals surface area contributed by atoms with E-state index in [1.807, 2.05) is 6.92 Å². The van der Waals surface area contributed by atoms with Gasteiger partial charge in [0, 0.05) is 19.2 Å². The lowest BCUT2D eigenvalue weighted by Crippen LogP contribution is -2.51. The Morgan fingerprint density at radius 3 is 2.73 bits per heavy atom. The van der Waals surface area contributed by atoms with Gasteiger partial charge in [0.15, 0.2) is 0 Å². The number of ether oxygens (including phenoxy) is 2. The number of rotatable bonds is 5. The zero-order chi connectivity index (χ0) is 16.1. The van der Waals surface area contributed by atoms with Crippen LogP contribution in [-0.4, -0.2) is 59.9 Å². The lowest BCUT2D eigenvalue weighted by molar-refractivity contribution is -0.154. The van der Waals surface area contributed by atoms with Crippen LogP contribution in [0.1, 0.15) is 46.0 Å². The molecule has 2 fully saturated rings. The highest BCUT2D eigenvalue weighted by Gasteiger charge is 2.34. The van der Waals surface area contributed by atoms with Gasteiger partial charge in [0.05, 0.1) is 18.6 Å². The molecule has 0 bridgehead atoms. The number of likely N-dealkylation sites (tertiary alicyclic amines) is 1. The fourth-order valence-electron chi connectivity index (χ4n) is 3.11. The van der Waals surface area contributed by atoms with E-state index in [0.29, 0.717) is 13.0 Å². The minimum absolute atomic E-state index is 0.0695. The number of carbonyl (C=O) groups is 2. The third-order valence-corrected chi connectivity index (χ3v) is 4.67. The number of carboxylic acid groups (broad SMARTS) is 1. The van der Waals surface area contributed by atoms with Crippen molar-refractivity contribution >= 4 is 11.9 Å². The standard InChI is InChI=1S/C16H27NO5/c1-11-6-7-13(16(19)20)9-17(11)15(18)12(2)22-10-14-5-3-4-8-21-14/h11-14H,3-10H2,1-2H3,(H,19,20). The second-order valence-corrected chi connectivity index (χ2v) is 6.42. The highest BCUT2D eigenvalue weighted by atomic mass is 16.5. The molecule has 2 aliphatic heterocycles. The van der Waals surface area contributed by atoms with Gasteiger partial charge in [-0.25, -0.2) is 0 Å². The Balaban J connectivity index is 1.83. The van der Waals surface area contributed by atoms with Gasteiger partial charge in [-0.15, -0.1) is 0 Å². The summed E-state index contributed by atoms with van der Waals surface area (Å²) < 4.78 is 11.3. The third kappa shape index (κ3) is 4.43. The predicted octanol–water partition coefficient (Wildman–Crippen LogP) is 1.67. The lowest BCUT2D eigenvalue weighted by Gasteiger charge is -2.38. The molecule has 22 heavy (non-hydrogen) atoms. The summed E-state index contributed by atoms with van der Waals surface area (Å²) in [7, 11) is 0. The van der Waals surface area contributed by atoms with Crippen LogP contribution in [0.4, 0.5) is 0 Å². The van der Waals surface area contributed by atoms with Crippen LogP contribution < -0.4 is 0 Å². The third-order valence-electron chi connectivity index (χ3n) is 4.67. The van der Waals surface area contributed by atoms with Crippen molar-refractivity contribution in [2.75, 3.05) is 19.8 Å². The van der Waals surface area contributed by atoms with Crippen molar-refractivity contribution in [1.29, 1.82) is 0 Å². The van der Waals surface area contributed by atoms with Crippen molar-refractivity contribution in [3.8, 4) is 0 Å². The van der Waals surface area contributed by atoms with Crippen LogP contribution in [0.15, 0.2) is 0 Å². The molecule has 126 valence electrons.